The van der Waals surface area contributed by atoms with Gasteiger partial charge in [0.15, 0.2) is 5.82 Å². The number of hydrogen-bond donors (Lipinski definition) is 0. The van der Waals surface area contributed by atoms with Crippen LogP contribution in [0, 0.1) is 5.82 Å². The first-order valence-corrected chi connectivity index (χ1v) is 9.69. The number of sulfonamides is 1. The second-order valence-corrected chi connectivity index (χ2v) is 8.44. The van der Waals surface area contributed by atoms with Crippen molar-refractivity contribution in [2.24, 2.45) is 0 Å². The lowest BCUT2D eigenvalue weighted by atomic mass is 10.0. The van der Waals surface area contributed by atoms with Crippen LogP contribution >= 0.6 is 0 Å². The van der Waals surface area contributed by atoms with Crippen molar-refractivity contribution < 1.29 is 17.5 Å². The van der Waals surface area contributed by atoms with Gasteiger partial charge in [0, 0.05) is 6.54 Å². The second kappa shape index (κ2) is 7.09. The van der Waals surface area contributed by atoms with Gasteiger partial charge in [0.25, 0.3) is 0 Å². The molecule has 1 aliphatic carbocycles. The van der Waals surface area contributed by atoms with E-state index in [1.807, 2.05) is 0 Å². The molecule has 1 aliphatic heterocycles. The average molecular weight is 343 g/mol. The summed E-state index contributed by atoms with van der Waals surface area (Å²) in [5.74, 6) is -0.525. The molecule has 2 aliphatic rings. The van der Waals surface area contributed by atoms with Crippen molar-refractivity contribution in [2.45, 2.75) is 56.3 Å². The Balaban J connectivity index is 1.64. The van der Waals surface area contributed by atoms with Crippen LogP contribution in [0.4, 0.5) is 4.39 Å². The maximum atomic E-state index is 12.8. The zero-order valence-corrected chi connectivity index (χ0v) is 13.8. The Morgan fingerprint density at radius 2 is 1.78 bits per heavy atom. The van der Waals surface area contributed by atoms with Crippen LogP contribution in [0.5, 0.6) is 6.01 Å². The van der Waals surface area contributed by atoms with Gasteiger partial charge in [-0.1, -0.05) is 19.3 Å². The number of nitrogens with zero attached hydrogens (tertiary/aromatic N) is 3. The highest BCUT2D eigenvalue weighted by Crippen LogP contribution is 2.28. The summed E-state index contributed by atoms with van der Waals surface area (Å²) in [7, 11) is -3.26. The lowest BCUT2D eigenvalue weighted by molar-refractivity contribution is 0.118. The quantitative estimate of drug-likeness (QED) is 0.837. The predicted octanol–water partition coefficient (Wildman–Crippen LogP) is 2.12. The van der Waals surface area contributed by atoms with Crippen LogP contribution in [-0.2, 0) is 10.0 Å². The number of piperidine rings is 1. The third-order valence-electron chi connectivity index (χ3n) is 4.54. The first-order valence-electron chi connectivity index (χ1n) is 8.19. The minimum Gasteiger partial charge on any atom is -0.459 e. The van der Waals surface area contributed by atoms with Gasteiger partial charge in [0.2, 0.25) is 10.0 Å². The lowest BCUT2D eigenvalue weighted by Gasteiger charge is -2.35. The number of hydrogen-bond acceptors (Lipinski definition) is 5. The van der Waals surface area contributed by atoms with Gasteiger partial charge < -0.3 is 4.74 Å². The molecule has 0 aromatic carbocycles. The molecule has 2 fully saturated rings. The van der Waals surface area contributed by atoms with Crippen LogP contribution < -0.4 is 4.74 Å². The molecule has 0 radical (unpaired) electrons. The molecular formula is C15H22FN3O3S. The second-order valence-electron chi connectivity index (χ2n) is 6.23. The number of rotatable bonds is 4. The van der Waals surface area contributed by atoms with E-state index < -0.39 is 15.8 Å². The summed E-state index contributed by atoms with van der Waals surface area (Å²) in [4.78, 5) is 7.55. The molecule has 0 spiro atoms. The van der Waals surface area contributed by atoms with Crippen LogP contribution in [0.15, 0.2) is 12.4 Å². The fourth-order valence-corrected chi connectivity index (χ4v) is 5.42. The largest absolute Gasteiger partial charge is 0.459 e. The molecule has 0 amide bonds. The predicted molar refractivity (Wildman–Crippen MR) is 83.0 cm³/mol. The highest BCUT2D eigenvalue weighted by atomic mass is 32.2. The number of ether oxygens (including phenoxy) is 1. The molecule has 0 unspecified atom stereocenters. The Kier molecular flexibility index (Phi) is 5.11. The Labute approximate surface area is 136 Å². The molecule has 23 heavy (non-hydrogen) atoms. The fourth-order valence-electron chi connectivity index (χ4n) is 3.32. The Morgan fingerprint density at radius 1 is 1.09 bits per heavy atom. The normalized spacial score (nSPS) is 24.5. The fraction of sp³-hybridized carbons (Fsp3) is 0.733. The van der Waals surface area contributed by atoms with Crippen LogP contribution in [0.2, 0.25) is 0 Å². The first kappa shape index (κ1) is 16.6. The van der Waals surface area contributed by atoms with E-state index in [2.05, 4.69) is 9.97 Å². The van der Waals surface area contributed by atoms with E-state index in [0.29, 0.717) is 13.1 Å². The Morgan fingerprint density at radius 3 is 2.48 bits per heavy atom. The van der Waals surface area contributed by atoms with Gasteiger partial charge >= 0.3 is 6.01 Å². The molecule has 1 aromatic heterocycles. The smallest absolute Gasteiger partial charge is 0.316 e. The summed E-state index contributed by atoms with van der Waals surface area (Å²) in [6.07, 6.45) is 7.91. The lowest BCUT2D eigenvalue weighted by Crippen LogP contribution is -2.48. The van der Waals surface area contributed by atoms with Gasteiger partial charge in [-0.05, 0) is 25.7 Å². The van der Waals surface area contributed by atoms with Gasteiger partial charge in [-0.2, -0.15) is 4.31 Å². The van der Waals surface area contributed by atoms with Crippen LogP contribution in [0.3, 0.4) is 0 Å². The molecule has 2 heterocycles. The molecule has 8 heteroatoms. The maximum Gasteiger partial charge on any atom is 0.316 e. The summed E-state index contributed by atoms with van der Waals surface area (Å²) >= 11 is 0. The van der Waals surface area contributed by atoms with Crippen molar-refractivity contribution in [1.29, 1.82) is 0 Å². The minimum absolute atomic E-state index is 0.0910. The minimum atomic E-state index is -3.26. The summed E-state index contributed by atoms with van der Waals surface area (Å²) in [6, 6.07) is 0.0910. The SMILES string of the molecule is O=S(=O)(C1CCCCC1)N1CCC[C@@H](Oc2ncc(F)cn2)C1. The maximum absolute atomic E-state index is 12.8. The van der Waals surface area contributed by atoms with E-state index >= 15 is 0 Å². The van der Waals surface area contributed by atoms with Gasteiger partial charge in [0.1, 0.15) is 6.10 Å². The standard InChI is InChI=1S/C15H22FN3O3S/c16-12-9-17-15(18-10-12)22-13-5-4-8-19(11-13)23(20,21)14-6-2-1-3-7-14/h9-10,13-14H,1-8,11H2/t13-/m1/s1. The van der Waals surface area contributed by atoms with E-state index in [0.717, 1.165) is 57.3 Å². The van der Waals surface area contributed by atoms with E-state index in [9.17, 15) is 12.8 Å². The summed E-state index contributed by atoms with van der Waals surface area (Å²) in [5.41, 5.74) is 0. The molecule has 1 saturated carbocycles. The first-order chi connectivity index (χ1) is 11.1. The van der Waals surface area contributed by atoms with Gasteiger partial charge in [-0.3, -0.25) is 0 Å². The molecule has 128 valence electrons. The molecule has 0 bridgehead atoms. The summed E-state index contributed by atoms with van der Waals surface area (Å²) in [6.45, 7) is 0.864. The van der Waals surface area contributed by atoms with Crippen molar-refractivity contribution in [2.75, 3.05) is 13.1 Å². The Bertz CT molecular complexity index is 617. The van der Waals surface area contributed by atoms with E-state index in [1.54, 1.807) is 4.31 Å². The highest BCUT2D eigenvalue weighted by molar-refractivity contribution is 7.89. The van der Waals surface area contributed by atoms with Crippen molar-refractivity contribution in [3.63, 3.8) is 0 Å². The molecular weight excluding hydrogens is 321 g/mol. The van der Waals surface area contributed by atoms with Crippen molar-refractivity contribution in [1.82, 2.24) is 14.3 Å². The van der Waals surface area contributed by atoms with Crippen molar-refractivity contribution in [3.8, 4) is 6.01 Å². The molecule has 1 saturated heterocycles. The zero-order valence-electron chi connectivity index (χ0n) is 13.0. The van der Waals surface area contributed by atoms with Crippen LogP contribution in [-0.4, -0.2) is 47.1 Å². The zero-order chi connectivity index (χ0) is 16.3. The van der Waals surface area contributed by atoms with E-state index in [-0.39, 0.29) is 17.4 Å². The van der Waals surface area contributed by atoms with Crippen LogP contribution in [0.1, 0.15) is 44.9 Å². The third-order valence-corrected chi connectivity index (χ3v) is 6.91. The van der Waals surface area contributed by atoms with E-state index in [1.165, 1.54) is 0 Å². The van der Waals surface area contributed by atoms with Gasteiger partial charge in [-0.15, -0.1) is 0 Å². The van der Waals surface area contributed by atoms with Gasteiger partial charge in [0.05, 0.1) is 24.2 Å². The highest BCUT2D eigenvalue weighted by Gasteiger charge is 2.36. The topological polar surface area (TPSA) is 72.4 Å². The molecule has 1 aromatic rings. The third kappa shape index (κ3) is 3.98. The summed E-state index contributed by atoms with van der Waals surface area (Å²) in [5, 5.41) is -0.253. The molecule has 3 rings (SSSR count). The Hall–Kier alpha value is -1.28. The monoisotopic (exact) mass is 343 g/mol. The van der Waals surface area contributed by atoms with Crippen LogP contribution in [0.25, 0.3) is 0 Å². The van der Waals surface area contributed by atoms with Crippen molar-refractivity contribution >= 4 is 10.0 Å². The molecule has 1 atom stereocenters. The summed E-state index contributed by atoms with van der Waals surface area (Å²) < 4.78 is 45.6. The average Bonchev–Trinajstić information content (AvgIpc) is 2.58. The van der Waals surface area contributed by atoms with Gasteiger partial charge in [-0.25, -0.2) is 22.8 Å². The molecule has 0 N–H and O–H groups in total. The van der Waals surface area contributed by atoms with E-state index in [4.69, 9.17) is 4.74 Å². The molecule has 6 nitrogen and oxygen atoms in total. The number of aromatic nitrogens is 2. The number of halogens is 1. The van der Waals surface area contributed by atoms with Crippen molar-refractivity contribution in [3.05, 3.63) is 18.2 Å².